The Labute approximate surface area is 163 Å². The van der Waals surface area contributed by atoms with E-state index in [0.29, 0.717) is 25.2 Å². The van der Waals surface area contributed by atoms with Crippen LogP contribution in [-0.4, -0.2) is 64.0 Å². The van der Waals surface area contributed by atoms with E-state index in [1.165, 1.54) is 0 Å². The number of hydrogen-bond donors (Lipinski definition) is 1. The molecular weight excluding hydrogens is 362 g/mol. The van der Waals surface area contributed by atoms with Crippen LogP contribution in [0.5, 0.6) is 0 Å². The summed E-state index contributed by atoms with van der Waals surface area (Å²) >= 11 is 1.63. The van der Waals surface area contributed by atoms with Crippen molar-refractivity contribution in [1.29, 1.82) is 0 Å². The number of amides is 1. The van der Waals surface area contributed by atoms with Crippen molar-refractivity contribution >= 4 is 23.2 Å². The quantitative estimate of drug-likeness (QED) is 0.824. The molecule has 3 rings (SSSR count). The maximum atomic E-state index is 12.9. The molecule has 0 atom stereocenters. The first-order valence-corrected chi connectivity index (χ1v) is 10.2. The molecule has 0 unspecified atom stereocenters. The van der Waals surface area contributed by atoms with E-state index in [-0.39, 0.29) is 18.5 Å². The Balaban J connectivity index is 1.65. The van der Waals surface area contributed by atoms with Crippen LogP contribution in [0.3, 0.4) is 0 Å². The number of rotatable bonds is 6. The molecule has 3 heterocycles. The van der Waals surface area contributed by atoms with Gasteiger partial charge in [-0.05, 0) is 49.9 Å². The van der Waals surface area contributed by atoms with Gasteiger partial charge in [0.2, 0.25) is 0 Å². The number of hydrogen-bond acceptors (Lipinski definition) is 5. The first-order valence-electron chi connectivity index (χ1n) is 9.25. The van der Waals surface area contributed by atoms with E-state index >= 15 is 0 Å². The predicted octanol–water partition coefficient (Wildman–Crippen LogP) is 3.13. The van der Waals surface area contributed by atoms with E-state index in [9.17, 15) is 9.59 Å². The van der Waals surface area contributed by atoms with Gasteiger partial charge in [-0.25, -0.2) is 0 Å². The van der Waals surface area contributed by atoms with Crippen LogP contribution in [0.1, 0.15) is 35.8 Å². The lowest BCUT2D eigenvalue weighted by molar-refractivity contribution is -0.139. The highest BCUT2D eigenvalue weighted by Crippen LogP contribution is 2.23. The number of aryl methyl sites for hydroxylation is 1. The second-order valence-corrected chi connectivity index (χ2v) is 7.60. The Morgan fingerprint density at radius 2 is 2.04 bits per heavy atom. The van der Waals surface area contributed by atoms with Gasteiger partial charge in [0.15, 0.2) is 0 Å². The molecule has 1 N–H and O–H groups in total. The van der Waals surface area contributed by atoms with Gasteiger partial charge in [-0.1, -0.05) is 6.92 Å². The maximum absolute atomic E-state index is 12.9. The molecule has 2 aromatic rings. The minimum Gasteiger partial charge on any atom is -0.480 e. The van der Waals surface area contributed by atoms with Gasteiger partial charge in [0, 0.05) is 30.1 Å². The summed E-state index contributed by atoms with van der Waals surface area (Å²) in [5.74, 6) is -0.792. The molecule has 144 valence electrons. The number of carboxylic acid groups (broad SMARTS) is 1. The molecule has 1 aliphatic heterocycles. The van der Waals surface area contributed by atoms with E-state index in [4.69, 9.17) is 5.11 Å². The third-order valence-corrected chi connectivity index (χ3v) is 5.83. The zero-order chi connectivity index (χ0) is 19.4. The number of aliphatic carboxylic acids is 1. The molecule has 0 radical (unpaired) electrons. The first kappa shape index (κ1) is 19.5. The average molecular weight is 388 g/mol. The van der Waals surface area contributed by atoms with Crippen LogP contribution in [0.2, 0.25) is 0 Å². The van der Waals surface area contributed by atoms with Gasteiger partial charge in [0.25, 0.3) is 5.91 Å². The molecule has 0 bridgehead atoms. The number of piperidine rings is 1. The fourth-order valence-electron chi connectivity index (χ4n) is 3.64. The van der Waals surface area contributed by atoms with Crippen LogP contribution in [0.4, 0.5) is 0 Å². The number of carbonyl (C=O) groups excluding carboxylic acids is 1. The number of likely N-dealkylation sites (tertiary alicyclic amines) is 1. The molecule has 0 spiro atoms. The highest BCUT2D eigenvalue weighted by Gasteiger charge is 2.28. The van der Waals surface area contributed by atoms with Gasteiger partial charge in [-0.3, -0.25) is 19.5 Å². The summed E-state index contributed by atoms with van der Waals surface area (Å²) in [7, 11) is 0. The zero-order valence-corrected chi connectivity index (χ0v) is 16.5. The van der Waals surface area contributed by atoms with Crippen molar-refractivity contribution in [3.8, 4) is 11.3 Å². The van der Waals surface area contributed by atoms with Crippen molar-refractivity contribution in [2.75, 3.05) is 26.2 Å². The molecule has 0 aliphatic carbocycles. The fourth-order valence-corrected chi connectivity index (χ4v) is 4.29. The number of aromatic nitrogens is 1. The van der Waals surface area contributed by atoms with Crippen LogP contribution in [0.25, 0.3) is 11.3 Å². The van der Waals surface area contributed by atoms with Crippen LogP contribution < -0.4 is 0 Å². The Bertz CT molecular complexity index is 799. The molecule has 2 aromatic heterocycles. The van der Waals surface area contributed by atoms with Crippen molar-refractivity contribution < 1.29 is 14.7 Å². The summed E-state index contributed by atoms with van der Waals surface area (Å²) in [4.78, 5) is 32.4. The van der Waals surface area contributed by atoms with Crippen molar-refractivity contribution in [2.24, 2.45) is 0 Å². The number of carboxylic acids is 1. The molecule has 1 aliphatic rings. The smallest absolute Gasteiger partial charge is 0.317 e. The third kappa shape index (κ3) is 4.54. The lowest BCUT2D eigenvalue weighted by Gasteiger charge is -2.37. The van der Waals surface area contributed by atoms with Crippen LogP contribution in [0.15, 0.2) is 29.0 Å². The summed E-state index contributed by atoms with van der Waals surface area (Å²) < 4.78 is 0. The summed E-state index contributed by atoms with van der Waals surface area (Å²) in [5.41, 5.74) is 3.34. The monoisotopic (exact) mass is 387 g/mol. The molecule has 0 aromatic carbocycles. The second-order valence-electron chi connectivity index (χ2n) is 6.82. The zero-order valence-electron chi connectivity index (χ0n) is 15.7. The molecule has 1 amide bonds. The molecule has 6 nitrogen and oxygen atoms in total. The SMILES string of the molecule is CCN(CC(=O)O)C1CCN(C(=O)c2ccc(-c3ccsc3)nc2C)CC1. The van der Waals surface area contributed by atoms with Gasteiger partial charge < -0.3 is 10.0 Å². The Morgan fingerprint density at radius 1 is 1.30 bits per heavy atom. The van der Waals surface area contributed by atoms with E-state index in [1.54, 1.807) is 11.3 Å². The number of nitrogens with zero attached hydrogens (tertiary/aromatic N) is 3. The van der Waals surface area contributed by atoms with Crippen LogP contribution in [-0.2, 0) is 4.79 Å². The van der Waals surface area contributed by atoms with E-state index < -0.39 is 5.97 Å². The van der Waals surface area contributed by atoms with E-state index in [1.807, 2.05) is 52.6 Å². The number of thiophene rings is 1. The minimum atomic E-state index is -0.803. The van der Waals surface area contributed by atoms with Crippen LogP contribution >= 0.6 is 11.3 Å². The van der Waals surface area contributed by atoms with Crippen LogP contribution in [0, 0.1) is 6.92 Å². The summed E-state index contributed by atoms with van der Waals surface area (Å²) in [6, 6.07) is 6.01. The van der Waals surface area contributed by atoms with Crippen molar-refractivity contribution in [3.05, 3.63) is 40.2 Å². The van der Waals surface area contributed by atoms with Crippen molar-refractivity contribution in [1.82, 2.24) is 14.8 Å². The predicted molar refractivity (Wildman–Crippen MR) is 106 cm³/mol. The third-order valence-electron chi connectivity index (χ3n) is 5.15. The fraction of sp³-hybridized carbons (Fsp3) is 0.450. The molecule has 7 heteroatoms. The summed E-state index contributed by atoms with van der Waals surface area (Å²) in [5, 5.41) is 13.1. The molecule has 0 saturated carbocycles. The lowest BCUT2D eigenvalue weighted by atomic mass is 10.0. The normalized spacial score (nSPS) is 15.3. The lowest BCUT2D eigenvalue weighted by Crippen LogP contribution is -2.48. The molecular formula is C20H25N3O3S. The van der Waals surface area contributed by atoms with Crippen molar-refractivity contribution in [3.63, 3.8) is 0 Å². The molecule has 1 saturated heterocycles. The van der Waals surface area contributed by atoms with E-state index in [2.05, 4.69) is 4.98 Å². The van der Waals surface area contributed by atoms with Gasteiger partial charge >= 0.3 is 5.97 Å². The van der Waals surface area contributed by atoms with Gasteiger partial charge in [-0.2, -0.15) is 11.3 Å². The Morgan fingerprint density at radius 3 is 2.59 bits per heavy atom. The Kier molecular flexibility index (Phi) is 6.23. The molecule has 27 heavy (non-hydrogen) atoms. The minimum absolute atomic E-state index is 0.0107. The number of pyridine rings is 1. The first-order chi connectivity index (χ1) is 13.0. The summed E-state index contributed by atoms with van der Waals surface area (Å²) in [6.07, 6.45) is 1.60. The number of carbonyl (C=O) groups is 2. The van der Waals surface area contributed by atoms with Gasteiger partial charge in [-0.15, -0.1) is 0 Å². The number of likely N-dealkylation sites (N-methyl/N-ethyl adjacent to an activating group) is 1. The highest BCUT2D eigenvalue weighted by atomic mass is 32.1. The average Bonchev–Trinajstić information content (AvgIpc) is 3.20. The topological polar surface area (TPSA) is 73.7 Å². The van der Waals surface area contributed by atoms with Gasteiger partial charge in [0.1, 0.15) is 0 Å². The van der Waals surface area contributed by atoms with E-state index in [0.717, 1.165) is 29.8 Å². The second kappa shape index (κ2) is 8.63. The summed E-state index contributed by atoms with van der Waals surface area (Å²) in [6.45, 7) is 5.91. The largest absolute Gasteiger partial charge is 0.480 e. The maximum Gasteiger partial charge on any atom is 0.317 e. The van der Waals surface area contributed by atoms with Gasteiger partial charge in [0.05, 0.1) is 23.5 Å². The standard InChI is InChI=1S/C20H25N3O3S/c1-3-22(12-19(24)25)16-6-9-23(10-7-16)20(26)17-4-5-18(21-14(17)2)15-8-11-27-13-15/h4-5,8,11,13,16H,3,6-7,9-10,12H2,1-2H3,(H,24,25). The van der Waals surface area contributed by atoms with Crippen molar-refractivity contribution in [2.45, 2.75) is 32.7 Å². The Hall–Kier alpha value is -2.25. The highest BCUT2D eigenvalue weighted by molar-refractivity contribution is 7.08. The molecule has 1 fully saturated rings.